The van der Waals surface area contributed by atoms with Gasteiger partial charge in [-0.15, -0.1) is 0 Å². The average molecular weight is 493 g/mol. The van der Waals surface area contributed by atoms with Crippen molar-refractivity contribution in [1.29, 1.82) is 0 Å². The number of hydrogen-bond acceptors (Lipinski definition) is 1. The molecule has 1 saturated heterocycles. The Labute approximate surface area is 221 Å². The maximum Gasteiger partial charge on any atom is 0.467 e. The monoisotopic (exact) mass is 492 g/mol. The van der Waals surface area contributed by atoms with E-state index in [2.05, 4.69) is 111 Å². The first-order valence-electron chi connectivity index (χ1n) is 15.0. The van der Waals surface area contributed by atoms with Gasteiger partial charge in [-0.2, -0.15) is 0 Å². The lowest BCUT2D eigenvalue weighted by molar-refractivity contribution is -0.241. The zero-order valence-electron chi connectivity index (χ0n) is 26.6. The second-order valence-electron chi connectivity index (χ2n) is 14.8. The zero-order valence-corrected chi connectivity index (χ0v) is 27.8. The van der Waals surface area contributed by atoms with Gasteiger partial charge < -0.3 is 3.79 Å². The van der Waals surface area contributed by atoms with Crippen molar-refractivity contribution in [3.8, 4) is 0 Å². The Morgan fingerprint density at radius 1 is 0.676 bits per heavy atom. The van der Waals surface area contributed by atoms with Gasteiger partial charge in [0.05, 0.1) is 5.60 Å². The van der Waals surface area contributed by atoms with Gasteiger partial charge in [0.25, 0.3) is 0 Å². The van der Waals surface area contributed by atoms with E-state index in [0.29, 0.717) is 33.9 Å². The fourth-order valence-electron chi connectivity index (χ4n) is 7.80. The minimum atomic E-state index is -1.49. The van der Waals surface area contributed by atoms with Crippen molar-refractivity contribution in [3.05, 3.63) is 0 Å². The van der Waals surface area contributed by atoms with Crippen LogP contribution in [0.4, 0.5) is 0 Å². The van der Waals surface area contributed by atoms with Gasteiger partial charge in [0, 0.05) is 0 Å². The smallest absolute Gasteiger partial charge is 0.467 e. The normalized spacial score (nSPS) is 26.8. The summed E-state index contributed by atoms with van der Waals surface area (Å²) in [5.74, 6) is 3.19. The molecule has 34 heavy (non-hydrogen) atoms. The quantitative estimate of drug-likeness (QED) is 0.246. The van der Waals surface area contributed by atoms with Crippen LogP contribution in [-0.4, -0.2) is 20.1 Å². The van der Waals surface area contributed by atoms with E-state index in [1.165, 1.54) is 37.4 Å². The van der Waals surface area contributed by atoms with Gasteiger partial charge in [0.2, 0.25) is 0 Å². The molecular weight excluding hydrogens is 427 g/mol. The second kappa shape index (κ2) is 11.5. The van der Waals surface area contributed by atoms with Crippen molar-refractivity contribution >= 4 is 14.5 Å². The molecule has 2 heteroatoms. The van der Waals surface area contributed by atoms with Crippen LogP contribution >= 0.6 is 0 Å². The number of rotatable bonds is 12. The fourth-order valence-corrected chi connectivity index (χ4v) is 11.7. The summed E-state index contributed by atoms with van der Waals surface area (Å²) in [6.45, 7) is 40.2. The van der Waals surface area contributed by atoms with E-state index >= 15 is 0 Å². The maximum atomic E-state index is 8.07. The molecule has 0 radical (unpaired) electrons. The molecule has 1 nitrogen and oxygen atoms in total. The summed E-state index contributed by atoms with van der Waals surface area (Å²) in [6, 6.07) is 0. The molecule has 0 aromatic heterocycles. The Morgan fingerprint density at radius 3 is 1.41 bits per heavy atom. The van der Waals surface area contributed by atoms with Crippen molar-refractivity contribution < 1.29 is 3.79 Å². The fraction of sp³-hybridized carbons (Fsp3) is 1.00. The van der Waals surface area contributed by atoms with E-state index in [1.54, 1.807) is 0 Å². The molecule has 0 bridgehead atoms. The summed E-state index contributed by atoms with van der Waals surface area (Å²) in [5, 5.41) is 1.33. The molecule has 0 aromatic carbocycles. The molecule has 1 aliphatic rings. The van der Waals surface area contributed by atoms with Gasteiger partial charge in [-0.3, -0.25) is 0 Å². The van der Waals surface area contributed by atoms with Crippen molar-refractivity contribution in [2.24, 2.45) is 45.8 Å². The maximum absolute atomic E-state index is 8.07. The molecule has 0 saturated carbocycles. The van der Waals surface area contributed by atoms with E-state index in [1.807, 2.05) is 0 Å². The SMILES string of the molecule is CCC(C)C(C)(C)C1C[CH2][Al]([C](C)(C)C(C)CC)[O]C1(C(C)(C)C(C)CC)C(C)(C)C(C)CC. The number of hydrogen-bond donors (Lipinski definition) is 0. The highest BCUT2D eigenvalue weighted by Crippen LogP contribution is 2.67. The van der Waals surface area contributed by atoms with Gasteiger partial charge in [-0.25, -0.2) is 0 Å². The van der Waals surface area contributed by atoms with Crippen molar-refractivity contribution in [3.63, 3.8) is 0 Å². The highest BCUT2D eigenvalue weighted by Gasteiger charge is 2.68. The zero-order chi connectivity index (χ0) is 26.9. The van der Waals surface area contributed by atoms with Crippen LogP contribution in [0, 0.1) is 45.8 Å². The molecule has 5 unspecified atom stereocenters. The lowest BCUT2D eigenvalue weighted by Crippen LogP contribution is -2.72. The third-order valence-electron chi connectivity index (χ3n) is 12.6. The molecule has 0 aliphatic carbocycles. The molecule has 1 rings (SSSR count). The molecule has 1 heterocycles. The summed E-state index contributed by atoms with van der Waals surface area (Å²) in [4.78, 5) is 0. The Balaban J connectivity index is 4.04. The van der Waals surface area contributed by atoms with Gasteiger partial charge >= 0.3 is 14.5 Å². The van der Waals surface area contributed by atoms with Gasteiger partial charge in [0.1, 0.15) is 0 Å². The lowest BCUT2D eigenvalue weighted by Gasteiger charge is -2.70. The lowest BCUT2D eigenvalue weighted by atomic mass is 9.44. The topological polar surface area (TPSA) is 9.23 Å². The summed E-state index contributed by atoms with van der Waals surface area (Å²) in [7, 11) is 0. The molecule has 0 spiro atoms. The molecule has 0 aromatic rings. The summed E-state index contributed by atoms with van der Waals surface area (Å²) >= 11 is -1.49. The third-order valence-corrected chi connectivity index (χ3v) is 16.4. The van der Waals surface area contributed by atoms with Crippen LogP contribution in [0.1, 0.15) is 143 Å². The predicted molar refractivity (Wildman–Crippen MR) is 156 cm³/mol. The predicted octanol–water partition coefficient (Wildman–Crippen LogP) is 10.8. The van der Waals surface area contributed by atoms with Crippen LogP contribution in [0.2, 0.25) is 9.56 Å². The molecule has 0 amide bonds. The molecule has 202 valence electrons. The van der Waals surface area contributed by atoms with Gasteiger partial charge in [0.15, 0.2) is 0 Å². The average Bonchev–Trinajstić information content (AvgIpc) is 2.80. The Hall–Kier alpha value is 0.492. The first-order chi connectivity index (χ1) is 15.4. The third kappa shape index (κ3) is 5.23. The largest absolute Gasteiger partial charge is 0.495 e. The van der Waals surface area contributed by atoms with Crippen molar-refractivity contribution in [2.45, 2.75) is 158 Å². The van der Waals surface area contributed by atoms with Gasteiger partial charge in [-0.05, 0) is 50.1 Å². The summed E-state index contributed by atoms with van der Waals surface area (Å²) in [6.07, 6.45) is 6.26. The standard InChI is InChI=1S/C25H50O.C7H15.Al/c1-14-18(5)22(8,9)21(17-4)25(26,23(10,11)19(6)15-2)24(12,13)20(7)16-3;1-5-7(4)6(2)3;/h18-21H,4,14-17H2,1-3,5-13H3;7H,5H2,1-4H3;/q-1;;+1. The summed E-state index contributed by atoms with van der Waals surface area (Å²) < 4.78 is 8.38. The van der Waals surface area contributed by atoms with E-state index in [0.717, 1.165) is 0 Å². The minimum absolute atomic E-state index is 0.0985. The van der Waals surface area contributed by atoms with Gasteiger partial charge in [-0.1, -0.05) is 148 Å². The molecule has 0 N–H and O–H groups in total. The van der Waals surface area contributed by atoms with Crippen LogP contribution in [0.15, 0.2) is 0 Å². The summed E-state index contributed by atoms with van der Waals surface area (Å²) in [5.41, 5.74) is 0.310. The van der Waals surface area contributed by atoms with E-state index in [-0.39, 0.29) is 21.8 Å². The Morgan fingerprint density at radius 2 is 1.06 bits per heavy atom. The second-order valence-corrected chi connectivity index (χ2v) is 18.1. The van der Waals surface area contributed by atoms with E-state index in [9.17, 15) is 0 Å². The highest BCUT2D eigenvalue weighted by molar-refractivity contribution is 6.56. The van der Waals surface area contributed by atoms with Crippen LogP contribution in [0.25, 0.3) is 0 Å². The van der Waals surface area contributed by atoms with Crippen LogP contribution in [-0.2, 0) is 3.79 Å². The first kappa shape index (κ1) is 32.5. The van der Waals surface area contributed by atoms with Crippen LogP contribution in [0.3, 0.4) is 0 Å². The first-order valence-corrected chi connectivity index (χ1v) is 16.9. The molecular formula is C32H65AlO. The molecule has 1 aliphatic heterocycles. The van der Waals surface area contributed by atoms with Crippen molar-refractivity contribution in [1.82, 2.24) is 0 Å². The van der Waals surface area contributed by atoms with Crippen molar-refractivity contribution in [2.75, 3.05) is 0 Å². The Kier molecular flexibility index (Phi) is 11.0. The van der Waals surface area contributed by atoms with E-state index in [4.69, 9.17) is 3.79 Å². The van der Waals surface area contributed by atoms with E-state index < -0.39 is 14.5 Å². The highest BCUT2D eigenvalue weighted by atomic mass is 27.2. The Bertz CT molecular complexity index is 609. The van der Waals surface area contributed by atoms with Crippen LogP contribution < -0.4 is 0 Å². The van der Waals surface area contributed by atoms with Crippen LogP contribution in [0.5, 0.6) is 0 Å². The molecule has 1 fully saturated rings. The molecule has 5 atom stereocenters. The minimum Gasteiger partial charge on any atom is -0.495 e.